The third kappa shape index (κ3) is 3.14. The van der Waals surface area contributed by atoms with E-state index in [1.54, 1.807) is 0 Å². The molecule has 1 N–H and O–H groups in total. The van der Waals surface area contributed by atoms with Gasteiger partial charge < -0.3 is 5.32 Å². The number of benzene rings is 1. The maximum atomic E-state index is 4.87. The zero-order valence-electron chi connectivity index (χ0n) is 17.0. The van der Waals surface area contributed by atoms with Crippen molar-refractivity contribution in [2.45, 2.75) is 51.4 Å². The lowest BCUT2D eigenvalue weighted by Gasteiger charge is -2.42. The maximum absolute atomic E-state index is 4.87. The quantitative estimate of drug-likeness (QED) is 0.754. The van der Waals surface area contributed by atoms with Crippen LogP contribution in [0.5, 0.6) is 0 Å². The van der Waals surface area contributed by atoms with E-state index in [1.165, 1.54) is 65.6 Å². The molecule has 0 amide bonds. The molecule has 1 spiro atoms. The second kappa shape index (κ2) is 6.70. The summed E-state index contributed by atoms with van der Waals surface area (Å²) < 4.78 is 0. The summed E-state index contributed by atoms with van der Waals surface area (Å²) >= 11 is 0. The molecule has 2 aliphatic carbocycles. The van der Waals surface area contributed by atoms with E-state index >= 15 is 0 Å². The van der Waals surface area contributed by atoms with E-state index in [2.05, 4.69) is 55.7 Å². The van der Waals surface area contributed by atoms with Gasteiger partial charge in [-0.1, -0.05) is 37.4 Å². The van der Waals surface area contributed by atoms with Crippen LogP contribution in [-0.4, -0.2) is 18.1 Å². The van der Waals surface area contributed by atoms with Crippen LogP contribution in [-0.2, 0) is 6.42 Å². The molecule has 2 heterocycles. The van der Waals surface area contributed by atoms with E-state index in [-0.39, 0.29) is 0 Å². The van der Waals surface area contributed by atoms with E-state index in [0.717, 1.165) is 30.8 Å². The second-order valence-corrected chi connectivity index (χ2v) is 9.20. The first-order valence-electron chi connectivity index (χ1n) is 10.7. The summed E-state index contributed by atoms with van der Waals surface area (Å²) in [5.74, 6) is 0.692. The fourth-order valence-corrected chi connectivity index (χ4v) is 5.26. The Hall–Kier alpha value is -2.19. The molecule has 2 fully saturated rings. The van der Waals surface area contributed by atoms with Crippen molar-refractivity contribution in [1.29, 1.82) is 0 Å². The van der Waals surface area contributed by atoms with Crippen molar-refractivity contribution in [2.75, 3.05) is 13.1 Å². The number of hydrogen-bond acceptors (Lipinski definition) is 2. The van der Waals surface area contributed by atoms with E-state index in [1.807, 2.05) is 0 Å². The molecule has 2 nitrogen and oxygen atoms in total. The average molecular weight is 371 g/mol. The van der Waals surface area contributed by atoms with Gasteiger partial charge in [0.1, 0.15) is 0 Å². The summed E-state index contributed by atoms with van der Waals surface area (Å²) in [4.78, 5) is 4.87. The molecule has 1 aliphatic heterocycles. The summed E-state index contributed by atoms with van der Waals surface area (Å²) in [7, 11) is 0. The highest BCUT2D eigenvalue weighted by molar-refractivity contribution is 5.81. The van der Waals surface area contributed by atoms with Crippen molar-refractivity contribution in [3.05, 3.63) is 77.1 Å². The molecule has 1 saturated carbocycles. The van der Waals surface area contributed by atoms with Crippen molar-refractivity contribution < 1.29 is 0 Å². The van der Waals surface area contributed by atoms with Gasteiger partial charge >= 0.3 is 0 Å². The van der Waals surface area contributed by atoms with Crippen LogP contribution < -0.4 is 5.32 Å². The number of fused-ring (bicyclic) bond motifs is 1. The fourth-order valence-electron chi connectivity index (χ4n) is 5.26. The predicted molar refractivity (Wildman–Crippen MR) is 117 cm³/mol. The first kappa shape index (κ1) is 17.9. The third-order valence-corrected chi connectivity index (χ3v) is 7.08. The van der Waals surface area contributed by atoms with E-state index in [9.17, 15) is 0 Å². The molecular formula is C26H30N2. The van der Waals surface area contributed by atoms with Gasteiger partial charge in [0.15, 0.2) is 0 Å². The Morgan fingerprint density at radius 2 is 1.89 bits per heavy atom. The zero-order valence-corrected chi connectivity index (χ0v) is 17.0. The molecule has 5 rings (SSSR count). The first-order valence-corrected chi connectivity index (χ1v) is 10.7. The topological polar surface area (TPSA) is 24.9 Å². The highest BCUT2D eigenvalue weighted by Gasteiger charge is 2.37. The molecular weight excluding hydrogens is 340 g/mol. The lowest BCUT2D eigenvalue weighted by molar-refractivity contribution is 0.201. The largest absolute Gasteiger partial charge is 0.317 e. The third-order valence-electron chi connectivity index (χ3n) is 7.08. The number of aryl methyl sites for hydroxylation is 1. The van der Waals surface area contributed by atoms with Gasteiger partial charge in [0.05, 0.1) is 0 Å². The summed E-state index contributed by atoms with van der Waals surface area (Å²) in [6.45, 7) is 13.3. The van der Waals surface area contributed by atoms with Crippen LogP contribution in [0.1, 0.15) is 71.7 Å². The van der Waals surface area contributed by atoms with Crippen molar-refractivity contribution in [2.24, 2.45) is 5.41 Å². The molecule has 1 saturated heterocycles. The van der Waals surface area contributed by atoms with Crippen molar-refractivity contribution >= 4 is 11.1 Å². The number of piperidine rings is 1. The molecule has 0 radical (unpaired) electrons. The van der Waals surface area contributed by atoms with E-state index in [0.29, 0.717) is 11.3 Å². The molecule has 0 atom stereocenters. The summed E-state index contributed by atoms with van der Waals surface area (Å²) in [6, 6.07) is 11.3. The summed E-state index contributed by atoms with van der Waals surface area (Å²) in [6.07, 6.45) is 7.40. The summed E-state index contributed by atoms with van der Waals surface area (Å²) in [5.41, 5.74) is 10.4. The molecule has 2 aromatic rings. The Morgan fingerprint density at radius 1 is 1.11 bits per heavy atom. The lowest BCUT2D eigenvalue weighted by Crippen LogP contribution is -2.40. The van der Waals surface area contributed by atoms with E-state index in [4.69, 9.17) is 4.98 Å². The number of aromatic nitrogens is 1. The van der Waals surface area contributed by atoms with Crippen LogP contribution in [0.4, 0.5) is 0 Å². The molecule has 1 aromatic heterocycles. The number of rotatable bonds is 3. The van der Waals surface area contributed by atoms with Crippen LogP contribution in [0.3, 0.4) is 0 Å². The van der Waals surface area contributed by atoms with Gasteiger partial charge in [-0.15, -0.1) is 0 Å². The smallest absolute Gasteiger partial charge is 0.0454 e. The van der Waals surface area contributed by atoms with Gasteiger partial charge in [-0.05, 0) is 97.9 Å². The zero-order chi connectivity index (χ0) is 19.3. The van der Waals surface area contributed by atoms with Crippen LogP contribution >= 0.6 is 0 Å². The Balaban J connectivity index is 1.46. The number of pyridine rings is 1. The number of nitrogens with one attached hydrogen (secondary N) is 1. The van der Waals surface area contributed by atoms with E-state index < -0.39 is 0 Å². The highest BCUT2D eigenvalue weighted by atomic mass is 14.9. The number of nitrogens with zero attached hydrogens (tertiary/aromatic N) is 1. The predicted octanol–water partition coefficient (Wildman–Crippen LogP) is 5.66. The van der Waals surface area contributed by atoms with Gasteiger partial charge in [0.2, 0.25) is 0 Å². The SMILES string of the molecule is C=C1CC2(CCNCC2)Cc2cc(C(=C)c3ccc(C4CC4)nc3C)ccc21. The lowest BCUT2D eigenvalue weighted by atomic mass is 9.65. The van der Waals surface area contributed by atoms with Gasteiger partial charge in [-0.3, -0.25) is 4.98 Å². The van der Waals surface area contributed by atoms with Crippen molar-refractivity contribution in [1.82, 2.24) is 10.3 Å². The minimum Gasteiger partial charge on any atom is -0.317 e. The molecule has 2 heteroatoms. The number of allylic oxidation sites excluding steroid dienone is 1. The average Bonchev–Trinajstić information content (AvgIpc) is 3.53. The van der Waals surface area contributed by atoms with Gasteiger partial charge in [-0.2, -0.15) is 0 Å². The van der Waals surface area contributed by atoms with Gasteiger partial charge in [-0.25, -0.2) is 0 Å². The molecule has 144 valence electrons. The van der Waals surface area contributed by atoms with Crippen molar-refractivity contribution in [3.8, 4) is 0 Å². The Kier molecular flexibility index (Phi) is 4.28. The minimum atomic E-state index is 0.401. The molecule has 0 bridgehead atoms. The van der Waals surface area contributed by atoms with Crippen LogP contribution in [0, 0.1) is 12.3 Å². The monoisotopic (exact) mass is 370 g/mol. The molecule has 28 heavy (non-hydrogen) atoms. The second-order valence-electron chi connectivity index (χ2n) is 9.20. The Morgan fingerprint density at radius 3 is 2.61 bits per heavy atom. The van der Waals surface area contributed by atoms with Crippen LogP contribution in [0.2, 0.25) is 0 Å². The normalized spacial score (nSPS) is 20.8. The Labute approximate surface area is 168 Å². The first-order chi connectivity index (χ1) is 13.5. The number of hydrogen-bond donors (Lipinski definition) is 1. The molecule has 0 unspecified atom stereocenters. The van der Waals surface area contributed by atoms with Crippen LogP contribution in [0.15, 0.2) is 43.5 Å². The highest BCUT2D eigenvalue weighted by Crippen LogP contribution is 2.47. The van der Waals surface area contributed by atoms with Crippen LogP contribution in [0.25, 0.3) is 11.1 Å². The standard InChI is InChI=1S/C26H30N2/c1-17-15-26(10-12-27-13-11-26)16-22-14-21(6-7-23(17)22)18(2)24-8-9-25(20-4-5-20)28-19(24)3/h6-9,14,20,27H,1-2,4-5,10-13,15-16H2,3H3. The van der Waals surface area contributed by atoms with Gasteiger partial charge in [0, 0.05) is 22.9 Å². The maximum Gasteiger partial charge on any atom is 0.0454 e. The summed E-state index contributed by atoms with van der Waals surface area (Å²) in [5, 5.41) is 3.52. The molecule has 1 aromatic carbocycles. The van der Waals surface area contributed by atoms with Crippen molar-refractivity contribution in [3.63, 3.8) is 0 Å². The Bertz CT molecular complexity index is 958. The minimum absolute atomic E-state index is 0.401. The van der Waals surface area contributed by atoms with Gasteiger partial charge in [0.25, 0.3) is 0 Å². The fraction of sp³-hybridized carbons (Fsp3) is 0.423. The molecule has 3 aliphatic rings.